The number of esters is 1. The van der Waals surface area contributed by atoms with Crippen molar-refractivity contribution < 1.29 is 28.9 Å². The SMILES string of the molecule is COC(=O)CCC1CCN(C(=O)[C@H](CCCN=C(N)N)N(C(=O)OC(C)(C)C)[N+](=O)[O-])CC1. The number of methoxy groups -OCH3 is 1. The molecule has 0 aromatic rings. The van der Waals surface area contributed by atoms with Crippen LogP contribution in [0.1, 0.15) is 59.3 Å². The van der Waals surface area contributed by atoms with Gasteiger partial charge in [0.2, 0.25) is 0 Å². The molecule has 1 fully saturated rings. The summed E-state index contributed by atoms with van der Waals surface area (Å²) in [6, 6.07) is -1.37. The number of ether oxygens (including phenoxy) is 2. The Morgan fingerprint density at radius 1 is 1.24 bits per heavy atom. The minimum Gasteiger partial charge on any atom is -0.469 e. The fourth-order valence-corrected chi connectivity index (χ4v) is 3.54. The van der Waals surface area contributed by atoms with Crippen LogP contribution in [0.5, 0.6) is 0 Å². The van der Waals surface area contributed by atoms with Gasteiger partial charge in [-0.05, 0) is 63.8 Å². The Kier molecular flexibility index (Phi) is 10.8. The Balaban J connectivity index is 2.94. The monoisotopic (exact) mass is 472 g/mol. The van der Waals surface area contributed by atoms with Crippen LogP contribution in [0.15, 0.2) is 4.99 Å². The molecule has 33 heavy (non-hydrogen) atoms. The number of nitro groups is 1. The Bertz CT molecular complexity index is 725. The van der Waals surface area contributed by atoms with Crippen LogP contribution in [0.3, 0.4) is 0 Å². The molecule has 1 heterocycles. The number of carbonyl (C=O) groups is 3. The van der Waals surface area contributed by atoms with Crippen molar-refractivity contribution in [2.24, 2.45) is 22.4 Å². The van der Waals surface area contributed by atoms with E-state index in [9.17, 15) is 24.5 Å². The summed E-state index contributed by atoms with van der Waals surface area (Å²) in [4.78, 5) is 54.3. The molecule has 0 spiro atoms. The van der Waals surface area contributed by atoms with Crippen molar-refractivity contribution in [3.63, 3.8) is 0 Å². The fraction of sp³-hybridized carbons (Fsp3) is 0.800. The molecule has 13 nitrogen and oxygen atoms in total. The first kappa shape index (κ1) is 27.9. The minimum absolute atomic E-state index is 0.0158. The second-order valence-electron chi connectivity index (χ2n) is 8.91. The lowest BCUT2D eigenvalue weighted by Crippen LogP contribution is -2.55. The van der Waals surface area contributed by atoms with Gasteiger partial charge in [0.15, 0.2) is 17.0 Å². The molecule has 1 atom stereocenters. The number of hydrazine groups is 1. The standard InChI is InChI=1S/C20H36N6O7/c1-20(2,3)33-19(29)25(26(30)31)15(6-5-11-23-18(21)22)17(28)24-12-9-14(10-13-24)7-8-16(27)32-4/h14-15H,5-13H2,1-4H3,(H4,21,22,23)/t15-/m0/s1. The van der Waals surface area contributed by atoms with Gasteiger partial charge in [-0.25, -0.2) is 14.9 Å². The molecule has 1 aliphatic heterocycles. The van der Waals surface area contributed by atoms with Crippen molar-refractivity contribution in [1.29, 1.82) is 0 Å². The van der Waals surface area contributed by atoms with Crippen LogP contribution in [0.4, 0.5) is 4.79 Å². The Hall–Kier alpha value is -3.12. The van der Waals surface area contributed by atoms with E-state index in [1.54, 1.807) is 20.8 Å². The summed E-state index contributed by atoms with van der Waals surface area (Å²) in [5.74, 6) is -0.710. The molecule has 0 unspecified atom stereocenters. The normalized spacial score (nSPS) is 15.3. The predicted octanol–water partition coefficient (Wildman–Crippen LogP) is 1.03. The lowest BCUT2D eigenvalue weighted by Gasteiger charge is -2.35. The molecule has 0 aliphatic carbocycles. The average Bonchev–Trinajstić information content (AvgIpc) is 2.72. The van der Waals surface area contributed by atoms with Gasteiger partial charge in [-0.2, -0.15) is 0 Å². The molecule has 1 rings (SSSR count). The van der Waals surface area contributed by atoms with Crippen molar-refractivity contribution in [2.75, 3.05) is 26.7 Å². The number of piperidine rings is 1. The first-order chi connectivity index (χ1) is 15.4. The number of rotatable bonds is 10. The highest BCUT2D eigenvalue weighted by atomic mass is 16.7. The topological polar surface area (TPSA) is 184 Å². The van der Waals surface area contributed by atoms with Crippen LogP contribution < -0.4 is 11.5 Å². The van der Waals surface area contributed by atoms with Crippen LogP contribution in [0, 0.1) is 16.0 Å². The van der Waals surface area contributed by atoms with E-state index in [1.165, 1.54) is 12.0 Å². The first-order valence-electron chi connectivity index (χ1n) is 10.9. The van der Waals surface area contributed by atoms with Gasteiger partial charge in [-0.15, -0.1) is 0 Å². The summed E-state index contributed by atoms with van der Waals surface area (Å²) in [6.45, 7) is 5.64. The van der Waals surface area contributed by atoms with Crippen molar-refractivity contribution in [3.8, 4) is 0 Å². The van der Waals surface area contributed by atoms with E-state index < -0.39 is 28.7 Å². The number of amides is 2. The number of aliphatic imine (C=N–C) groups is 1. The van der Waals surface area contributed by atoms with E-state index >= 15 is 0 Å². The summed E-state index contributed by atoms with van der Waals surface area (Å²) < 4.78 is 9.83. The van der Waals surface area contributed by atoms with E-state index in [0.717, 1.165) is 0 Å². The zero-order chi connectivity index (χ0) is 25.2. The lowest BCUT2D eigenvalue weighted by atomic mass is 9.91. The number of hydrogen-bond donors (Lipinski definition) is 2. The minimum atomic E-state index is -1.37. The van der Waals surface area contributed by atoms with Gasteiger partial charge in [-0.3, -0.25) is 14.6 Å². The molecule has 4 N–H and O–H groups in total. The van der Waals surface area contributed by atoms with Gasteiger partial charge in [-0.1, -0.05) is 0 Å². The fourth-order valence-electron chi connectivity index (χ4n) is 3.54. The maximum Gasteiger partial charge on any atom is 0.469 e. The highest BCUT2D eigenvalue weighted by Gasteiger charge is 2.43. The summed E-state index contributed by atoms with van der Waals surface area (Å²) in [6.07, 6.45) is 1.27. The molecule has 0 bridgehead atoms. The number of nitrogens with zero attached hydrogens (tertiary/aromatic N) is 4. The molecule has 1 saturated heterocycles. The summed E-state index contributed by atoms with van der Waals surface area (Å²) >= 11 is 0. The Morgan fingerprint density at radius 2 is 1.85 bits per heavy atom. The number of nitrogens with two attached hydrogens (primary N) is 2. The van der Waals surface area contributed by atoms with E-state index in [4.69, 9.17) is 16.2 Å². The number of guanidine groups is 1. The maximum absolute atomic E-state index is 13.3. The van der Waals surface area contributed by atoms with E-state index in [1.807, 2.05) is 0 Å². The third kappa shape index (κ3) is 9.91. The molecule has 0 saturated carbocycles. The van der Waals surface area contributed by atoms with Gasteiger partial charge >= 0.3 is 12.1 Å². The van der Waals surface area contributed by atoms with Crippen molar-refractivity contribution in [2.45, 2.75) is 70.9 Å². The number of carbonyl (C=O) groups excluding carboxylic acids is 3. The van der Waals surface area contributed by atoms with E-state index in [0.29, 0.717) is 38.8 Å². The number of hydrogen-bond acceptors (Lipinski definition) is 8. The maximum atomic E-state index is 13.3. The van der Waals surface area contributed by atoms with Crippen molar-refractivity contribution >= 4 is 23.9 Å². The number of likely N-dealkylation sites (tertiary alicyclic amines) is 1. The third-order valence-electron chi connectivity index (χ3n) is 5.18. The molecule has 13 heteroatoms. The van der Waals surface area contributed by atoms with Crippen LogP contribution in [-0.2, 0) is 19.1 Å². The molecule has 2 amide bonds. The van der Waals surface area contributed by atoms with E-state index in [-0.39, 0.29) is 42.2 Å². The van der Waals surface area contributed by atoms with Gasteiger partial charge in [0.25, 0.3) is 5.91 Å². The van der Waals surface area contributed by atoms with Crippen LogP contribution >= 0.6 is 0 Å². The quantitative estimate of drug-likeness (QED) is 0.117. The average molecular weight is 473 g/mol. The Labute approximate surface area is 193 Å². The zero-order valence-corrected chi connectivity index (χ0v) is 19.8. The third-order valence-corrected chi connectivity index (χ3v) is 5.18. The molecule has 1 aliphatic rings. The van der Waals surface area contributed by atoms with Crippen molar-refractivity contribution in [1.82, 2.24) is 9.91 Å². The zero-order valence-electron chi connectivity index (χ0n) is 19.8. The smallest absolute Gasteiger partial charge is 0.469 e. The van der Waals surface area contributed by atoms with Crippen LogP contribution in [-0.4, -0.2) is 77.3 Å². The molecule has 0 aromatic carbocycles. The highest BCUT2D eigenvalue weighted by Crippen LogP contribution is 2.24. The van der Waals surface area contributed by atoms with Crippen LogP contribution in [0.2, 0.25) is 0 Å². The first-order valence-corrected chi connectivity index (χ1v) is 10.9. The molecule has 0 aromatic heterocycles. The second-order valence-corrected chi connectivity index (χ2v) is 8.91. The van der Waals surface area contributed by atoms with E-state index in [2.05, 4.69) is 9.73 Å². The molecule has 188 valence electrons. The summed E-state index contributed by atoms with van der Waals surface area (Å²) in [5.41, 5.74) is 9.64. The summed E-state index contributed by atoms with van der Waals surface area (Å²) in [7, 11) is 1.34. The largest absolute Gasteiger partial charge is 0.469 e. The predicted molar refractivity (Wildman–Crippen MR) is 119 cm³/mol. The van der Waals surface area contributed by atoms with Crippen LogP contribution in [0.25, 0.3) is 0 Å². The Morgan fingerprint density at radius 3 is 2.33 bits per heavy atom. The molecule has 0 radical (unpaired) electrons. The summed E-state index contributed by atoms with van der Waals surface area (Å²) in [5, 5.41) is 11.1. The molecular weight excluding hydrogens is 436 g/mol. The van der Waals surface area contributed by atoms with Gasteiger partial charge in [0, 0.05) is 26.1 Å². The van der Waals surface area contributed by atoms with Gasteiger partial charge in [0.05, 0.1) is 7.11 Å². The van der Waals surface area contributed by atoms with Crippen molar-refractivity contribution in [3.05, 3.63) is 10.1 Å². The van der Waals surface area contributed by atoms with Gasteiger partial charge < -0.3 is 25.8 Å². The second kappa shape index (κ2) is 12.8. The lowest BCUT2D eigenvalue weighted by molar-refractivity contribution is -0.641. The highest BCUT2D eigenvalue weighted by molar-refractivity contribution is 5.85. The van der Waals surface area contributed by atoms with Gasteiger partial charge in [0.1, 0.15) is 5.60 Å². The molecular formula is C20H36N6O7.